The van der Waals surface area contributed by atoms with Crippen LogP contribution in [0, 0.1) is 5.92 Å². The van der Waals surface area contributed by atoms with Gasteiger partial charge in [0, 0.05) is 36.3 Å². The maximum Gasteiger partial charge on any atom is 0.119 e. The maximum absolute atomic E-state index is 5.67. The van der Waals surface area contributed by atoms with Crippen LogP contribution >= 0.6 is 0 Å². The Hall–Kier alpha value is -1.52. The van der Waals surface area contributed by atoms with Crippen molar-refractivity contribution in [2.75, 3.05) is 33.4 Å². The minimum Gasteiger partial charge on any atom is -0.497 e. The molecule has 2 fully saturated rings. The van der Waals surface area contributed by atoms with E-state index in [0.717, 1.165) is 31.3 Å². The van der Waals surface area contributed by atoms with Crippen molar-refractivity contribution in [3.63, 3.8) is 0 Å². The van der Waals surface area contributed by atoms with Crippen LogP contribution in [0.3, 0.4) is 0 Å². The Morgan fingerprint density at radius 1 is 1.29 bits per heavy atom. The Bertz CT molecular complexity index is 675. The van der Waals surface area contributed by atoms with Gasteiger partial charge in [-0.1, -0.05) is 0 Å². The Labute approximate surface area is 144 Å². The molecule has 2 aromatic rings. The topological polar surface area (TPSA) is 37.5 Å². The average Bonchev–Trinajstić information content (AvgIpc) is 3.23. The molecule has 130 valence electrons. The van der Waals surface area contributed by atoms with Crippen molar-refractivity contribution in [1.82, 2.24) is 9.88 Å². The zero-order valence-electron chi connectivity index (χ0n) is 14.6. The second-order valence-corrected chi connectivity index (χ2v) is 7.30. The molecule has 0 bridgehead atoms. The van der Waals surface area contributed by atoms with Crippen LogP contribution in [-0.4, -0.2) is 49.3 Å². The summed E-state index contributed by atoms with van der Waals surface area (Å²) in [4.78, 5) is 6.12. The number of aromatic amines is 1. The largest absolute Gasteiger partial charge is 0.497 e. The monoisotopic (exact) mass is 328 g/mol. The van der Waals surface area contributed by atoms with Crippen LogP contribution < -0.4 is 4.74 Å². The zero-order valence-corrected chi connectivity index (χ0v) is 14.6. The molecular formula is C20H28N2O2. The van der Waals surface area contributed by atoms with Gasteiger partial charge in [0.05, 0.1) is 13.7 Å². The van der Waals surface area contributed by atoms with E-state index >= 15 is 0 Å². The molecule has 0 aliphatic carbocycles. The van der Waals surface area contributed by atoms with Gasteiger partial charge in [-0.3, -0.25) is 4.90 Å². The third-order valence-electron chi connectivity index (χ3n) is 5.68. The summed E-state index contributed by atoms with van der Waals surface area (Å²) >= 11 is 0. The molecule has 0 radical (unpaired) electrons. The normalized spacial score (nSPS) is 25.4. The lowest BCUT2D eigenvalue weighted by Crippen LogP contribution is -2.37. The lowest BCUT2D eigenvalue weighted by molar-refractivity contribution is 0.0366. The SMILES string of the molecule is COc1ccc2[nH]cc(C[C@H]3CCCN3C[C@H]3CCCOC3)c2c1. The number of hydrogen-bond acceptors (Lipinski definition) is 3. The van der Waals surface area contributed by atoms with Crippen LogP contribution in [0.15, 0.2) is 24.4 Å². The minimum atomic E-state index is 0.664. The molecule has 3 heterocycles. The number of fused-ring (bicyclic) bond motifs is 1. The first-order valence-corrected chi connectivity index (χ1v) is 9.29. The number of methoxy groups -OCH3 is 1. The predicted molar refractivity (Wildman–Crippen MR) is 96.7 cm³/mol. The summed E-state index contributed by atoms with van der Waals surface area (Å²) in [6, 6.07) is 6.96. The van der Waals surface area contributed by atoms with E-state index in [-0.39, 0.29) is 0 Å². The number of hydrogen-bond donors (Lipinski definition) is 1. The second-order valence-electron chi connectivity index (χ2n) is 7.30. The molecule has 0 spiro atoms. The molecule has 1 aromatic heterocycles. The van der Waals surface area contributed by atoms with E-state index < -0.39 is 0 Å². The number of nitrogens with one attached hydrogen (secondary N) is 1. The Kier molecular flexibility index (Phi) is 4.76. The van der Waals surface area contributed by atoms with Gasteiger partial charge in [0.1, 0.15) is 5.75 Å². The smallest absolute Gasteiger partial charge is 0.119 e. The predicted octanol–water partition coefficient (Wildman–Crippen LogP) is 3.61. The number of ether oxygens (including phenoxy) is 2. The molecule has 0 saturated carbocycles. The highest BCUT2D eigenvalue weighted by Gasteiger charge is 2.28. The molecule has 4 rings (SSSR count). The maximum atomic E-state index is 5.67. The standard InChI is InChI=1S/C20H28N2O2/c1-23-18-6-7-20-19(11-18)16(12-21-20)10-17-5-2-8-22(17)13-15-4-3-9-24-14-15/h6-7,11-12,15,17,21H,2-5,8-10,13-14H2,1H3/t15-,17-/m1/s1. The highest BCUT2D eigenvalue weighted by Crippen LogP contribution is 2.29. The summed E-state index contributed by atoms with van der Waals surface area (Å²) in [5.41, 5.74) is 2.62. The van der Waals surface area contributed by atoms with E-state index in [0.29, 0.717) is 6.04 Å². The highest BCUT2D eigenvalue weighted by atomic mass is 16.5. The molecule has 4 nitrogen and oxygen atoms in total. The van der Waals surface area contributed by atoms with E-state index in [2.05, 4.69) is 28.2 Å². The number of rotatable bonds is 5. The first-order chi connectivity index (χ1) is 11.8. The molecular weight excluding hydrogens is 300 g/mol. The van der Waals surface area contributed by atoms with Gasteiger partial charge in [-0.15, -0.1) is 0 Å². The van der Waals surface area contributed by atoms with Crippen molar-refractivity contribution >= 4 is 10.9 Å². The zero-order chi connectivity index (χ0) is 16.4. The summed E-state index contributed by atoms with van der Waals surface area (Å²) < 4.78 is 11.1. The molecule has 2 aliphatic rings. The fourth-order valence-corrected chi connectivity index (χ4v) is 4.36. The summed E-state index contributed by atoms with van der Waals surface area (Å²) in [7, 11) is 1.73. The van der Waals surface area contributed by atoms with Crippen LogP contribution in [-0.2, 0) is 11.2 Å². The van der Waals surface area contributed by atoms with Crippen LogP contribution in [0.5, 0.6) is 5.75 Å². The van der Waals surface area contributed by atoms with Gasteiger partial charge >= 0.3 is 0 Å². The first kappa shape index (κ1) is 16.0. The Morgan fingerprint density at radius 3 is 3.08 bits per heavy atom. The number of nitrogens with zero attached hydrogens (tertiary/aromatic N) is 1. The fourth-order valence-electron chi connectivity index (χ4n) is 4.36. The number of benzene rings is 1. The average molecular weight is 328 g/mol. The molecule has 2 saturated heterocycles. The first-order valence-electron chi connectivity index (χ1n) is 9.29. The van der Waals surface area contributed by atoms with Gasteiger partial charge in [-0.25, -0.2) is 0 Å². The van der Waals surface area contributed by atoms with Gasteiger partial charge in [0.15, 0.2) is 0 Å². The van der Waals surface area contributed by atoms with Crippen LogP contribution in [0.25, 0.3) is 10.9 Å². The lowest BCUT2D eigenvalue weighted by atomic mass is 9.99. The lowest BCUT2D eigenvalue weighted by Gasteiger charge is -2.31. The molecule has 2 aliphatic heterocycles. The second kappa shape index (κ2) is 7.16. The van der Waals surface area contributed by atoms with E-state index in [1.54, 1.807) is 7.11 Å². The Morgan fingerprint density at radius 2 is 2.25 bits per heavy atom. The molecule has 0 amide bonds. The number of aromatic nitrogens is 1. The van der Waals surface area contributed by atoms with E-state index in [4.69, 9.17) is 9.47 Å². The van der Waals surface area contributed by atoms with E-state index in [1.807, 2.05) is 6.07 Å². The van der Waals surface area contributed by atoms with Gasteiger partial charge in [0.2, 0.25) is 0 Å². The van der Waals surface area contributed by atoms with Gasteiger partial charge in [0.25, 0.3) is 0 Å². The van der Waals surface area contributed by atoms with Crippen LogP contribution in [0.1, 0.15) is 31.2 Å². The molecule has 1 N–H and O–H groups in total. The molecule has 0 unspecified atom stereocenters. The van der Waals surface area contributed by atoms with Crippen molar-refractivity contribution in [2.45, 2.75) is 38.1 Å². The summed E-state index contributed by atoms with van der Waals surface area (Å²) in [5.74, 6) is 1.66. The minimum absolute atomic E-state index is 0.664. The van der Waals surface area contributed by atoms with Crippen LogP contribution in [0.4, 0.5) is 0 Å². The molecule has 4 heteroatoms. The highest BCUT2D eigenvalue weighted by molar-refractivity contribution is 5.84. The van der Waals surface area contributed by atoms with Crippen molar-refractivity contribution in [3.8, 4) is 5.75 Å². The Balaban J connectivity index is 1.47. The summed E-state index contributed by atoms with van der Waals surface area (Å²) in [5, 5.41) is 1.31. The van der Waals surface area contributed by atoms with Crippen molar-refractivity contribution in [2.24, 2.45) is 5.92 Å². The summed E-state index contributed by atoms with van der Waals surface area (Å²) in [6.07, 6.45) is 8.50. The molecule has 2 atom stereocenters. The molecule has 1 aromatic carbocycles. The van der Waals surface area contributed by atoms with Gasteiger partial charge in [-0.05, 0) is 68.3 Å². The summed E-state index contributed by atoms with van der Waals surface area (Å²) in [6.45, 7) is 4.35. The van der Waals surface area contributed by atoms with Crippen LogP contribution in [0.2, 0.25) is 0 Å². The molecule has 24 heavy (non-hydrogen) atoms. The van der Waals surface area contributed by atoms with Crippen molar-refractivity contribution in [3.05, 3.63) is 30.0 Å². The van der Waals surface area contributed by atoms with Gasteiger partial charge in [-0.2, -0.15) is 0 Å². The third-order valence-corrected chi connectivity index (χ3v) is 5.68. The van der Waals surface area contributed by atoms with E-state index in [9.17, 15) is 0 Å². The fraction of sp³-hybridized carbons (Fsp3) is 0.600. The third kappa shape index (κ3) is 3.31. The van der Waals surface area contributed by atoms with Crippen molar-refractivity contribution < 1.29 is 9.47 Å². The van der Waals surface area contributed by atoms with Gasteiger partial charge < -0.3 is 14.5 Å². The van der Waals surface area contributed by atoms with Crippen molar-refractivity contribution in [1.29, 1.82) is 0 Å². The number of H-pyrrole nitrogens is 1. The quantitative estimate of drug-likeness (QED) is 0.911. The number of likely N-dealkylation sites (tertiary alicyclic amines) is 1. The van der Waals surface area contributed by atoms with E-state index in [1.165, 1.54) is 55.2 Å².